The first-order valence-electron chi connectivity index (χ1n) is 41.7. The van der Waals surface area contributed by atoms with E-state index in [0.29, 0.717) is 114 Å². The predicted molar refractivity (Wildman–Crippen MR) is 464 cm³/mol. The highest BCUT2D eigenvalue weighted by Gasteiger charge is 2.44. The van der Waals surface area contributed by atoms with Gasteiger partial charge in [-0.25, -0.2) is 63.9 Å². The summed E-state index contributed by atoms with van der Waals surface area (Å²) in [6.45, 7) is 3.58. The molecule has 5 aliphatic rings. The quantitative estimate of drug-likeness (QED) is 0.120. The molecule has 0 fully saturated rings. The van der Waals surface area contributed by atoms with Gasteiger partial charge in [0.2, 0.25) is 0 Å². The number of hydrogen-bond acceptors (Lipinski definition) is 23. The van der Waals surface area contributed by atoms with Crippen molar-refractivity contribution in [1.82, 2.24) is 139 Å². The molecule has 15 aromatic rings. The van der Waals surface area contributed by atoms with E-state index in [1.807, 2.05) is 0 Å². The molecule has 5 amide bonds. The molecule has 0 spiro atoms. The number of aromatic amines is 2. The molecule has 1 unspecified atom stereocenters. The summed E-state index contributed by atoms with van der Waals surface area (Å²) in [5.74, 6) is -3.00. The lowest BCUT2D eigenvalue weighted by Crippen LogP contribution is -2.40. The van der Waals surface area contributed by atoms with Crippen LogP contribution in [0.5, 0.6) is 0 Å². The first-order chi connectivity index (χ1) is 67.2. The molecule has 1 atom stereocenters. The van der Waals surface area contributed by atoms with Crippen LogP contribution in [0.25, 0.3) is 40.2 Å². The van der Waals surface area contributed by atoms with Gasteiger partial charge in [-0.15, -0.1) is 15.0 Å². The van der Waals surface area contributed by atoms with Crippen LogP contribution in [0.3, 0.4) is 0 Å². The van der Waals surface area contributed by atoms with Crippen molar-refractivity contribution < 1.29 is 94.2 Å². The van der Waals surface area contributed by atoms with E-state index in [4.69, 9.17) is 46.4 Å². The molecule has 0 saturated heterocycles. The van der Waals surface area contributed by atoms with Gasteiger partial charge in [-0.2, -0.15) is 91.3 Å². The summed E-state index contributed by atoms with van der Waals surface area (Å²) in [6, 6.07) is 19.0. The number of nitrogens with zero attached hydrogens (tertiary/aromatic N) is 26. The molecule has 726 valence electrons. The minimum absolute atomic E-state index is 0.0491. The van der Waals surface area contributed by atoms with Crippen LogP contribution in [0.2, 0.25) is 20.1 Å². The minimum atomic E-state index is -4.87. The lowest BCUT2D eigenvalue weighted by Gasteiger charge is -2.35. The van der Waals surface area contributed by atoms with Crippen LogP contribution in [0.4, 0.5) is 70.2 Å². The summed E-state index contributed by atoms with van der Waals surface area (Å²) in [7, 11) is 0. The highest BCUT2D eigenvalue weighted by Crippen LogP contribution is 2.44. The molecule has 0 radical (unpaired) electrons. The van der Waals surface area contributed by atoms with E-state index in [9.17, 15) is 94.2 Å². The zero-order valence-corrected chi connectivity index (χ0v) is 75.0. The standard InChI is InChI=1S/C19H15ClF3N5O.C18H13F4N5O.3C17H12ClF3N6O/c1-10-16-12(17(25-9-24-16)14-5-7-26-27-14)6-8-28(10)18(29)11-3-2-4-13(15(11)20)19(21,22)23;19-15-11(2-1-3-12(15)18(20,21)22)17(28)27-7-5-10-14(8-27)23-9-24-16(10)13-4-6-25-26-13;18-14-11(2-1-3-12(14)17(19,20)21)16(28)26-7-4-10-13(8-26)22-9-23-15(10)27-24-5-6-25-27;18-14-11(2-1-3-12(14)17(19,20)21)16(28)26-5-4-10-13(6-26)22-7-23-15(10)27-8-24-25-9-27;18-14-11(2-1-3-12(14)17(19,20)21)16(28)26-5-4-10-13(6-26)23-8-24-15(10)27-9-22-7-25-27/h2-5,7,9-10H,6,8H2,1H3,(H,26,27);1-4,6,9H,5,7-8H2,(H,25,26);1-3,5-6,9H,4,7-8H2;2*1-3,7-9H,4-6H2. The molecule has 0 aliphatic carbocycles. The number of carbonyl (C=O) groups is 5. The largest absolute Gasteiger partial charge is 0.419 e. The van der Waals surface area contributed by atoms with Crippen LogP contribution < -0.4 is 0 Å². The molecular weight excluding hydrogens is 1970 g/mol. The predicted octanol–water partition coefficient (Wildman–Crippen LogP) is 16.3. The normalized spacial score (nSPS) is 14.6. The Morgan fingerprint density at radius 2 is 0.702 bits per heavy atom. The third-order valence-electron chi connectivity index (χ3n) is 22.9. The number of benzene rings is 5. The number of alkyl halides is 15. The van der Waals surface area contributed by atoms with Crippen LogP contribution in [0, 0.1) is 5.82 Å². The van der Waals surface area contributed by atoms with Gasteiger partial charge in [-0.05, 0) is 112 Å². The Balaban J connectivity index is 0.000000127. The number of fused-ring (bicyclic) bond motifs is 5. The molecule has 5 aromatic carbocycles. The average Bonchev–Trinajstić information content (AvgIpc) is 1.63. The Morgan fingerprint density at radius 1 is 0.355 bits per heavy atom. The Morgan fingerprint density at radius 3 is 1.11 bits per heavy atom. The van der Waals surface area contributed by atoms with Crippen molar-refractivity contribution in [2.45, 2.75) is 102 Å². The Bertz CT molecular complexity index is 6500. The number of carbonyl (C=O) groups excluding carboxylic acids is 5. The zero-order valence-electron chi connectivity index (χ0n) is 72.0. The maximum atomic E-state index is 14.3. The van der Waals surface area contributed by atoms with Crippen molar-refractivity contribution in [1.29, 1.82) is 0 Å². The molecule has 20 rings (SSSR count). The van der Waals surface area contributed by atoms with Crippen LogP contribution in [0.1, 0.15) is 149 Å². The molecule has 2 N–H and O–H groups in total. The van der Waals surface area contributed by atoms with Crippen molar-refractivity contribution >= 4 is 75.9 Å². The SMILES string of the molecule is CC1c2ncnc(-c3ccn[nH]3)c2CCN1C(=O)c1cccc(C(F)(F)F)c1Cl.O=C(c1cccc(C(F)(F)F)c1Cl)N1CCc2c(ncnc2-n2cncn2)C1.O=C(c1cccc(C(F)(F)F)c1Cl)N1CCc2c(ncnc2-n2cnnc2)C1.O=C(c1cccc(C(F)(F)F)c1Cl)N1CCc2c(ncnc2-n2nccn2)C1.O=C(c1cccc(C(F)(F)F)c1F)N1CCc2c(ncnc2-c2ccn[nH]2)C1. The van der Waals surface area contributed by atoms with Crippen molar-refractivity contribution in [3.8, 4) is 40.2 Å². The number of rotatable bonds is 10. The summed E-state index contributed by atoms with van der Waals surface area (Å²) in [6.07, 6.45) is -2.41. The van der Waals surface area contributed by atoms with Crippen molar-refractivity contribution in [2.75, 3.05) is 32.7 Å². The smallest absolute Gasteiger partial charge is 0.332 e. The Labute approximate surface area is 803 Å². The van der Waals surface area contributed by atoms with Crippen LogP contribution in [-0.4, -0.2) is 202 Å². The lowest BCUT2D eigenvalue weighted by molar-refractivity contribution is -0.140. The summed E-state index contributed by atoms with van der Waals surface area (Å²) in [4.78, 5) is 119. The monoisotopic (exact) mass is 2040 g/mol. The van der Waals surface area contributed by atoms with Crippen LogP contribution in [0.15, 0.2) is 185 Å². The number of amides is 5. The molecule has 141 heavy (non-hydrogen) atoms. The van der Waals surface area contributed by atoms with E-state index in [-0.39, 0.29) is 68.1 Å². The van der Waals surface area contributed by atoms with Crippen molar-refractivity contribution in [3.63, 3.8) is 0 Å². The van der Waals surface area contributed by atoms with Gasteiger partial charge in [-0.1, -0.05) is 76.7 Å². The topological polar surface area (TPSA) is 380 Å². The lowest BCUT2D eigenvalue weighted by atomic mass is 9.95. The number of halogens is 20. The van der Waals surface area contributed by atoms with Gasteiger partial charge < -0.3 is 24.5 Å². The van der Waals surface area contributed by atoms with E-state index in [1.165, 1.54) is 152 Å². The molecule has 53 heteroatoms. The number of aromatic nitrogens is 23. The maximum absolute atomic E-state index is 14.3. The maximum Gasteiger partial charge on any atom is 0.419 e. The summed E-state index contributed by atoms with van der Waals surface area (Å²) >= 11 is 23.6. The molecule has 0 bridgehead atoms. The summed E-state index contributed by atoms with van der Waals surface area (Å²) in [5, 5.41) is 30.7. The summed E-state index contributed by atoms with van der Waals surface area (Å²) in [5.41, 5.74) is 2.97. The van der Waals surface area contributed by atoms with Crippen LogP contribution in [-0.2, 0) is 89.2 Å². The second kappa shape index (κ2) is 40.7. The average molecular weight is 2040 g/mol. The second-order valence-electron chi connectivity index (χ2n) is 31.2. The number of nitrogens with one attached hydrogen (secondary N) is 2. The number of hydrogen-bond donors (Lipinski definition) is 2. The van der Waals surface area contributed by atoms with Gasteiger partial charge in [0.05, 0.1) is 172 Å². The van der Waals surface area contributed by atoms with E-state index in [0.717, 1.165) is 69.9 Å². The van der Waals surface area contributed by atoms with E-state index < -0.39 is 126 Å². The number of H-pyrrole nitrogens is 2. The van der Waals surface area contributed by atoms with Gasteiger partial charge in [0, 0.05) is 72.9 Å². The fourth-order valence-corrected chi connectivity index (χ4v) is 17.4. The van der Waals surface area contributed by atoms with Crippen LogP contribution >= 0.6 is 46.4 Å². The van der Waals surface area contributed by atoms with E-state index >= 15 is 0 Å². The molecule has 33 nitrogen and oxygen atoms in total. The van der Waals surface area contributed by atoms with Gasteiger partial charge in [-0.3, -0.25) is 38.7 Å². The minimum Gasteiger partial charge on any atom is -0.332 e. The fraction of sp³-hybridized carbons (Fsp3) is 0.239. The fourth-order valence-electron chi connectivity index (χ4n) is 16.1. The highest BCUT2D eigenvalue weighted by molar-refractivity contribution is 6.36. The summed E-state index contributed by atoms with van der Waals surface area (Å²) < 4.78 is 213. The third kappa shape index (κ3) is 21.1. The second-order valence-corrected chi connectivity index (χ2v) is 32.7. The van der Waals surface area contributed by atoms with Gasteiger partial charge in [0.1, 0.15) is 68.6 Å². The molecule has 15 heterocycles. The van der Waals surface area contributed by atoms with Crippen molar-refractivity contribution in [2.24, 2.45) is 0 Å². The molecular formula is C88H64Cl4F16N28O5. The van der Waals surface area contributed by atoms with Gasteiger partial charge >= 0.3 is 30.9 Å². The first kappa shape index (κ1) is 98.8. The molecule has 10 aromatic heterocycles. The van der Waals surface area contributed by atoms with E-state index in [1.54, 1.807) is 36.0 Å². The molecule has 0 saturated carbocycles. The molecule has 5 aliphatic heterocycles. The zero-order chi connectivity index (χ0) is 100. The first-order valence-corrected chi connectivity index (χ1v) is 43.2. The Hall–Kier alpha value is -15.3. The Kier molecular flexibility index (Phi) is 28.5. The van der Waals surface area contributed by atoms with E-state index in [2.05, 4.69) is 101 Å². The van der Waals surface area contributed by atoms with Gasteiger partial charge in [0.25, 0.3) is 29.5 Å². The third-order valence-corrected chi connectivity index (χ3v) is 24.5. The van der Waals surface area contributed by atoms with Gasteiger partial charge in [0.15, 0.2) is 11.6 Å². The highest BCUT2D eigenvalue weighted by atomic mass is 35.5. The van der Waals surface area contributed by atoms with Crippen molar-refractivity contribution in [3.05, 3.63) is 323 Å².